The molecule has 1 fully saturated rings. The van der Waals surface area contributed by atoms with E-state index in [1.807, 2.05) is 26.2 Å². The first-order valence-electron chi connectivity index (χ1n) is 6.63. The summed E-state index contributed by atoms with van der Waals surface area (Å²) < 4.78 is 6.86. The molecule has 0 N–H and O–H groups in total. The highest BCUT2D eigenvalue weighted by atomic mass is 16.7. The van der Waals surface area contributed by atoms with Crippen molar-refractivity contribution in [3.8, 4) is 0 Å². The zero-order valence-corrected chi connectivity index (χ0v) is 11.9. The number of ether oxygens (including phenoxy) is 1. The summed E-state index contributed by atoms with van der Waals surface area (Å²) in [4.78, 5) is 17.2. The van der Waals surface area contributed by atoms with Crippen LogP contribution < -0.4 is 0 Å². The number of hydroxylamine groups is 2. The Morgan fingerprint density at radius 2 is 2.10 bits per heavy atom. The van der Waals surface area contributed by atoms with Crippen LogP contribution >= 0.6 is 0 Å². The largest absolute Gasteiger partial charge is 0.467 e. The molecule has 0 bridgehead atoms. The van der Waals surface area contributed by atoms with Crippen LogP contribution in [0.1, 0.15) is 18.0 Å². The van der Waals surface area contributed by atoms with Crippen molar-refractivity contribution in [2.45, 2.75) is 18.6 Å². The number of fused-ring (bicyclic) bond motifs is 1. The van der Waals surface area contributed by atoms with E-state index < -0.39 is 6.10 Å². The van der Waals surface area contributed by atoms with Crippen molar-refractivity contribution >= 4 is 16.9 Å². The third kappa shape index (κ3) is 1.99. The number of carbonyl (C=O) groups excluding carboxylic acids is 1. The molecule has 0 radical (unpaired) electrons. The van der Waals surface area contributed by atoms with E-state index in [1.54, 1.807) is 5.06 Å². The van der Waals surface area contributed by atoms with E-state index in [9.17, 15) is 4.79 Å². The van der Waals surface area contributed by atoms with Gasteiger partial charge in [-0.25, -0.2) is 4.79 Å². The molecule has 20 heavy (non-hydrogen) atoms. The molecule has 2 atom stereocenters. The monoisotopic (exact) mass is 274 g/mol. The minimum atomic E-state index is -0.519. The normalized spacial score (nSPS) is 23.4. The highest BCUT2D eigenvalue weighted by Gasteiger charge is 2.38. The molecule has 1 aromatic carbocycles. The topological polar surface area (TPSA) is 43.7 Å². The van der Waals surface area contributed by atoms with Gasteiger partial charge in [-0.3, -0.25) is 4.84 Å². The number of benzene rings is 1. The summed E-state index contributed by atoms with van der Waals surface area (Å²) in [6.07, 6.45) is 2.19. The Morgan fingerprint density at radius 1 is 1.35 bits per heavy atom. The predicted octanol–water partition coefficient (Wildman–Crippen LogP) is 2.03. The number of para-hydroxylation sites is 1. The number of aryl methyl sites for hydroxylation is 1. The lowest BCUT2D eigenvalue weighted by Gasteiger charge is -2.16. The predicted molar refractivity (Wildman–Crippen MR) is 74.9 cm³/mol. The summed E-state index contributed by atoms with van der Waals surface area (Å²) in [7, 11) is 5.27. The van der Waals surface area contributed by atoms with Gasteiger partial charge in [-0.2, -0.15) is 5.06 Å². The van der Waals surface area contributed by atoms with E-state index in [1.165, 1.54) is 23.6 Å². The summed E-state index contributed by atoms with van der Waals surface area (Å²) >= 11 is 0. The Bertz CT molecular complexity index is 650. The number of esters is 1. The second kappa shape index (κ2) is 4.92. The van der Waals surface area contributed by atoms with Crippen molar-refractivity contribution in [1.82, 2.24) is 9.63 Å². The number of hydrogen-bond donors (Lipinski definition) is 0. The van der Waals surface area contributed by atoms with Crippen molar-refractivity contribution in [2.75, 3.05) is 14.2 Å². The second-order valence-electron chi connectivity index (χ2n) is 5.13. The number of rotatable bonds is 2. The molecule has 1 aromatic heterocycles. The minimum absolute atomic E-state index is 0.0604. The lowest BCUT2D eigenvalue weighted by molar-refractivity contribution is -0.179. The van der Waals surface area contributed by atoms with Crippen LogP contribution in [0.2, 0.25) is 0 Å². The lowest BCUT2D eigenvalue weighted by Crippen LogP contribution is -2.23. The SMILES string of the molecule is COC(=O)[C@@H]1C[C@H](c2cn(C)c3ccccc23)N(C)O1. The van der Waals surface area contributed by atoms with Gasteiger partial charge in [-0.1, -0.05) is 18.2 Å². The van der Waals surface area contributed by atoms with Crippen molar-refractivity contribution in [2.24, 2.45) is 7.05 Å². The van der Waals surface area contributed by atoms with Crippen molar-refractivity contribution in [3.05, 3.63) is 36.0 Å². The van der Waals surface area contributed by atoms with E-state index in [0.717, 1.165) is 0 Å². The minimum Gasteiger partial charge on any atom is -0.467 e. The maximum atomic E-state index is 11.6. The van der Waals surface area contributed by atoms with Gasteiger partial charge < -0.3 is 9.30 Å². The first kappa shape index (κ1) is 13.1. The maximum Gasteiger partial charge on any atom is 0.337 e. The van der Waals surface area contributed by atoms with Gasteiger partial charge in [0.1, 0.15) is 0 Å². The number of methoxy groups -OCH3 is 1. The fourth-order valence-electron chi connectivity index (χ4n) is 2.90. The fraction of sp³-hybridized carbons (Fsp3) is 0.400. The average molecular weight is 274 g/mol. The van der Waals surface area contributed by atoms with E-state index >= 15 is 0 Å². The zero-order valence-electron chi connectivity index (χ0n) is 11.9. The Morgan fingerprint density at radius 3 is 2.85 bits per heavy atom. The summed E-state index contributed by atoms with van der Waals surface area (Å²) in [6.45, 7) is 0. The van der Waals surface area contributed by atoms with Crippen LogP contribution in [0.15, 0.2) is 30.5 Å². The molecule has 0 unspecified atom stereocenters. The standard InChI is InChI=1S/C15H18N2O3/c1-16-9-11(10-6-4-5-7-12(10)16)13-8-14(15(18)19-3)20-17(13)2/h4-7,9,13-14H,8H2,1-3H3/t13-,14+/m1/s1. The van der Waals surface area contributed by atoms with Gasteiger partial charge in [0.2, 0.25) is 0 Å². The highest BCUT2D eigenvalue weighted by molar-refractivity contribution is 5.84. The molecular weight excluding hydrogens is 256 g/mol. The molecule has 106 valence electrons. The Balaban J connectivity index is 1.97. The third-order valence-corrected chi connectivity index (χ3v) is 3.92. The van der Waals surface area contributed by atoms with E-state index in [0.29, 0.717) is 6.42 Å². The summed E-state index contributed by atoms with van der Waals surface area (Å²) in [5, 5.41) is 2.95. The summed E-state index contributed by atoms with van der Waals surface area (Å²) in [5.74, 6) is -0.320. The van der Waals surface area contributed by atoms with Crippen LogP contribution in [0.4, 0.5) is 0 Å². The third-order valence-electron chi connectivity index (χ3n) is 3.92. The summed E-state index contributed by atoms with van der Waals surface area (Å²) in [6, 6.07) is 8.30. The molecule has 1 aliphatic rings. The van der Waals surface area contributed by atoms with Gasteiger partial charge in [0.25, 0.3) is 0 Å². The number of nitrogens with zero attached hydrogens (tertiary/aromatic N) is 2. The Hall–Kier alpha value is -1.85. The first-order valence-corrected chi connectivity index (χ1v) is 6.63. The molecule has 0 saturated carbocycles. The van der Waals surface area contributed by atoms with Crippen LogP contribution in [0, 0.1) is 0 Å². The fourth-order valence-corrected chi connectivity index (χ4v) is 2.90. The first-order chi connectivity index (χ1) is 9.61. The Labute approximate surface area is 117 Å². The smallest absolute Gasteiger partial charge is 0.337 e. The van der Waals surface area contributed by atoms with E-state index in [4.69, 9.17) is 9.57 Å². The number of carbonyl (C=O) groups is 1. The maximum absolute atomic E-state index is 11.6. The average Bonchev–Trinajstić information content (AvgIpc) is 3.00. The number of hydrogen-bond acceptors (Lipinski definition) is 4. The number of aromatic nitrogens is 1. The Kier molecular flexibility index (Phi) is 3.23. The van der Waals surface area contributed by atoms with Crippen molar-refractivity contribution in [1.29, 1.82) is 0 Å². The van der Waals surface area contributed by atoms with Gasteiger partial charge in [-0.15, -0.1) is 0 Å². The summed E-state index contributed by atoms with van der Waals surface area (Å²) in [5.41, 5.74) is 2.36. The van der Waals surface area contributed by atoms with Gasteiger partial charge in [0, 0.05) is 37.6 Å². The molecule has 5 heteroatoms. The van der Waals surface area contributed by atoms with Crippen LogP contribution in [0.25, 0.3) is 10.9 Å². The molecule has 1 aliphatic heterocycles. The molecule has 0 spiro atoms. The molecule has 3 rings (SSSR count). The van der Waals surface area contributed by atoms with Crippen LogP contribution in [0.5, 0.6) is 0 Å². The van der Waals surface area contributed by atoms with Crippen LogP contribution in [-0.2, 0) is 21.4 Å². The van der Waals surface area contributed by atoms with E-state index in [2.05, 4.69) is 22.9 Å². The van der Waals surface area contributed by atoms with Crippen LogP contribution in [0.3, 0.4) is 0 Å². The quantitative estimate of drug-likeness (QED) is 0.786. The van der Waals surface area contributed by atoms with E-state index in [-0.39, 0.29) is 12.0 Å². The zero-order chi connectivity index (χ0) is 14.3. The lowest BCUT2D eigenvalue weighted by atomic mass is 10.0. The molecule has 0 amide bonds. The second-order valence-corrected chi connectivity index (χ2v) is 5.13. The molecular formula is C15H18N2O3. The highest BCUT2D eigenvalue weighted by Crippen LogP contribution is 2.37. The van der Waals surface area contributed by atoms with Crippen LogP contribution in [-0.4, -0.2) is 35.9 Å². The van der Waals surface area contributed by atoms with Gasteiger partial charge in [0.15, 0.2) is 6.10 Å². The molecule has 5 nitrogen and oxygen atoms in total. The molecule has 2 heterocycles. The molecule has 1 saturated heterocycles. The van der Waals surface area contributed by atoms with Gasteiger partial charge in [-0.05, 0) is 11.6 Å². The van der Waals surface area contributed by atoms with Gasteiger partial charge >= 0.3 is 5.97 Å². The van der Waals surface area contributed by atoms with Crippen molar-refractivity contribution in [3.63, 3.8) is 0 Å². The molecule has 0 aliphatic carbocycles. The molecule has 2 aromatic rings. The van der Waals surface area contributed by atoms with Gasteiger partial charge in [0.05, 0.1) is 13.2 Å². The van der Waals surface area contributed by atoms with Crippen molar-refractivity contribution < 1.29 is 14.4 Å².